The van der Waals surface area contributed by atoms with E-state index in [0.717, 1.165) is 5.56 Å². The molecule has 3 aromatic rings. The number of nitrogens with one attached hydrogen (secondary N) is 1. The van der Waals surface area contributed by atoms with E-state index in [4.69, 9.17) is 11.6 Å². The van der Waals surface area contributed by atoms with Crippen molar-refractivity contribution in [2.45, 2.75) is 35.5 Å². The number of anilines is 1. The fraction of sp³-hybridized carbons (Fsp3) is 0.150. The summed E-state index contributed by atoms with van der Waals surface area (Å²) in [6.07, 6.45) is 1.32. The number of rotatable bonds is 5. The Labute approximate surface area is 175 Å². The van der Waals surface area contributed by atoms with Crippen molar-refractivity contribution in [3.63, 3.8) is 0 Å². The average Bonchev–Trinajstić information content (AvgIpc) is 2.65. The molecule has 1 aromatic heterocycles. The van der Waals surface area contributed by atoms with E-state index in [2.05, 4.69) is 9.71 Å². The number of aryl methyl sites for hydroxylation is 2. The zero-order chi connectivity index (χ0) is 21.4. The summed E-state index contributed by atoms with van der Waals surface area (Å²) in [5.41, 5.74) is 1.57. The van der Waals surface area contributed by atoms with Crippen molar-refractivity contribution in [1.29, 1.82) is 0 Å². The Balaban J connectivity index is 2.11. The van der Waals surface area contributed by atoms with Gasteiger partial charge in [0.25, 0.3) is 10.0 Å². The lowest BCUT2D eigenvalue weighted by Gasteiger charge is -2.15. The lowest BCUT2D eigenvalue weighted by Crippen LogP contribution is -2.17. The molecule has 2 aromatic carbocycles. The van der Waals surface area contributed by atoms with Crippen LogP contribution in [0.5, 0.6) is 0 Å². The second-order valence-corrected chi connectivity index (χ2v) is 10.7. The van der Waals surface area contributed by atoms with E-state index in [1.807, 2.05) is 6.92 Å². The number of benzene rings is 2. The molecule has 3 rings (SSSR count). The maximum absolute atomic E-state index is 13.2. The predicted octanol–water partition coefficient (Wildman–Crippen LogP) is 4.29. The van der Waals surface area contributed by atoms with Crippen molar-refractivity contribution in [2.24, 2.45) is 0 Å². The lowest BCUT2D eigenvalue weighted by atomic mass is 10.2. The van der Waals surface area contributed by atoms with Crippen LogP contribution in [0.15, 0.2) is 69.4 Å². The van der Waals surface area contributed by atoms with Gasteiger partial charge in [0.1, 0.15) is 5.82 Å². The van der Waals surface area contributed by atoms with E-state index in [1.54, 1.807) is 19.1 Å². The molecule has 9 heteroatoms. The van der Waals surface area contributed by atoms with Crippen LogP contribution in [-0.4, -0.2) is 21.8 Å². The van der Waals surface area contributed by atoms with Crippen LogP contribution in [0, 0.1) is 20.8 Å². The Morgan fingerprint density at radius 1 is 0.828 bits per heavy atom. The molecule has 1 heterocycles. The number of nitrogens with zero attached hydrogens (tertiary/aromatic N) is 1. The first-order valence-electron chi connectivity index (χ1n) is 8.58. The van der Waals surface area contributed by atoms with Gasteiger partial charge in [-0.15, -0.1) is 0 Å². The number of halogens is 1. The first-order valence-corrected chi connectivity index (χ1v) is 11.9. The largest absolute Gasteiger partial charge is 0.263 e. The maximum atomic E-state index is 13.2. The maximum Gasteiger partial charge on any atom is 0.263 e. The fourth-order valence-electron chi connectivity index (χ4n) is 2.82. The second kappa shape index (κ2) is 7.78. The topological polar surface area (TPSA) is 93.2 Å². The highest BCUT2D eigenvalue weighted by atomic mass is 35.5. The van der Waals surface area contributed by atoms with Gasteiger partial charge in [-0.05, 0) is 68.3 Å². The summed E-state index contributed by atoms with van der Waals surface area (Å²) in [6, 6.07) is 12.3. The molecule has 6 nitrogen and oxygen atoms in total. The van der Waals surface area contributed by atoms with E-state index in [-0.39, 0.29) is 26.1 Å². The minimum Gasteiger partial charge on any atom is -0.263 e. The van der Waals surface area contributed by atoms with Crippen LogP contribution < -0.4 is 4.72 Å². The lowest BCUT2D eigenvalue weighted by molar-refractivity contribution is 0.594. The summed E-state index contributed by atoms with van der Waals surface area (Å²) in [5.74, 6) is 0.0817. The highest BCUT2D eigenvalue weighted by Crippen LogP contribution is 2.30. The Morgan fingerprint density at radius 3 is 2.03 bits per heavy atom. The summed E-state index contributed by atoms with van der Waals surface area (Å²) in [4.78, 5) is 3.86. The average molecular weight is 451 g/mol. The van der Waals surface area contributed by atoms with Gasteiger partial charge in [-0.25, -0.2) is 21.8 Å². The molecule has 152 valence electrons. The third kappa shape index (κ3) is 4.44. The molecule has 0 amide bonds. The molecule has 0 unspecified atom stereocenters. The number of aromatic nitrogens is 1. The van der Waals surface area contributed by atoms with Crippen LogP contribution >= 0.6 is 11.6 Å². The molecule has 0 radical (unpaired) electrons. The molecule has 0 atom stereocenters. The molecule has 0 aliphatic carbocycles. The molecule has 0 fully saturated rings. The van der Waals surface area contributed by atoms with Gasteiger partial charge < -0.3 is 0 Å². The highest BCUT2D eigenvalue weighted by molar-refractivity contribution is 7.93. The van der Waals surface area contributed by atoms with Gasteiger partial charge >= 0.3 is 0 Å². The summed E-state index contributed by atoms with van der Waals surface area (Å²) >= 11 is 5.78. The molecule has 29 heavy (non-hydrogen) atoms. The third-order valence-corrected chi connectivity index (χ3v) is 7.93. The molecular formula is C20H19ClN2O4S2. The second-order valence-electron chi connectivity index (χ2n) is 6.67. The quantitative estimate of drug-likeness (QED) is 0.625. The first kappa shape index (κ1) is 21.3. The Morgan fingerprint density at radius 2 is 1.45 bits per heavy atom. The summed E-state index contributed by atoms with van der Waals surface area (Å²) in [7, 11) is -7.97. The zero-order valence-corrected chi connectivity index (χ0v) is 18.4. The summed E-state index contributed by atoms with van der Waals surface area (Å²) in [6.45, 7) is 4.98. The molecule has 0 aliphatic rings. The molecule has 0 bridgehead atoms. The van der Waals surface area contributed by atoms with Gasteiger partial charge in [-0.3, -0.25) is 4.72 Å². The molecule has 0 spiro atoms. The van der Waals surface area contributed by atoms with Crippen molar-refractivity contribution in [2.75, 3.05) is 4.72 Å². The van der Waals surface area contributed by atoms with Crippen molar-refractivity contribution in [3.8, 4) is 0 Å². The highest BCUT2D eigenvalue weighted by Gasteiger charge is 2.26. The Kier molecular flexibility index (Phi) is 5.71. The fourth-order valence-corrected chi connectivity index (χ4v) is 5.96. The van der Waals surface area contributed by atoms with Gasteiger partial charge in [0, 0.05) is 6.20 Å². The number of sulfone groups is 1. The third-order valence-electron chi connectivity index (χ3n) is 4.33. The van der Waals surface area contributed by atoms with Crippen LogP contribution in [0.3, 0.4) is 0 Å². The standard InChI is InChI=1S/C20H19ClN2O4S2/c1-13-4-7-17(8-5-13)28(24,25)18-10-14(2)11-19(15(18)3)29(26,27)23-20-9-6-16(21)12-22-20/h4-12H,1-3H3,(H,22,23). The molecule has 0 aliphatic heterocycles. The molecule has 0 saturated heterocycles. The number of pyridine rings is 1. The Hall–Kier alpha value is -2.42. The van der Waals surface area contributed by atoms with E-state index in [9.17, 15) is 16.8 Å². The molecular weight excluding hydrogens is 432 g/mol. The van der Waals surface area contributed by atoms with Crippen molar-refractivity contribution in [3.05, 3.63) is 76.4 Å². The molecule has 0 saturated carbocycles. The zero-order valence-electron chi connectivity index (χ0n) is 16.0. The summed E-state index contributed by atoms with van der Waals surface area (Å²) in [5, 5.41) is 0.367. The Bertz CT molecular complexity index is 1270. The van der Waals surface area contributed by atoms with Gasteiger partial charge in [0.05, 0.1) is 19.7 Å². The number of sulfonamides is 1. The predicted molar refractivity (Wildman–Crippen MR) is 113 cm³/mol. The van der Waals surface area contributed by atoms with Crippen molar-refractivity contribution in [1.82, 2.24) is 4.98 Å². The van der Waals surface area contributed by atoms with E-state index >= 15 is 0 Å². The van der Waals surface area contributed by atoms with Gasteiger partial charge in [0.2, 0.25) is 9.84 Å². The smallest absolute Gasteiger partial charge is 0.263 e. The van der Waals surface area contributed by atoms with Gasteiger partial charge in [-0.1, -0.05) is 29.3 Å². The van der Waals surface area contributed by atoms with Crippen molar-refractivity contribution >= 4 is 37.3 Å². The molecule has 1 N–H and O–H groups in total. The van der Waals surface area contributed by atoms with Gasteiger partial charge in [-0.2, -0.15) is 0 Å². The minimum absolute atomic E-state index is 0.0502. The van der Waals surface area contributed by atoms with Crippen LogP contribution in [0.1, 0.15) is 16.7 Å². The van der Waals surface area contributed by atoms with Crippen LogP contribution in [0.25, 0.3) is 0 Å². The van der Waals surface area contributed by atoms with E-state index in [0.29, 0.717) is 10.6 Å². The van der Waals surface area contributed by atoms with Crippen LogP contribution in [-0.2, 0) is 19.9 Å². The van der Waals surface area contributed by atoms with Crippen LogP contribution in [0.2, 0.25) is 5.02 Å². The summed E-state index contributed by atoms with van der Waals surface area (Å²) < 4.78 is 54.5. The number of hydrogen-bond acceptors (Lipinski definition) is 5. The van der Waals surface area contributed by atoms with E-state index < -0.39 is 19.9 Å². The van der Waals surface area contributed by atoms with Crippen molar-refractivity contribution < 1.29 is 16.8 Å². The van der Waals surface area contributed by atoms with Crippen LogP contribution in [0.4, 0.5) is 5.82 Å². The van der Waals surface area contributed by atoms with E-state index in [1.165, 1.54) is 49.5 Å². The monoisotopic (exact) mass is 450 g/mol. The minimum atomic E-state index is -4.07. The first-order chi connectivity index (χ1) is 13.5. The number of hydrogen-bond donors (Lipinski definition) is 1. The normalized spacial score (nSPS) is 12.0. The van der Waals surface area contributed by atoms with Gasteiger partial charge in [0.15, 0.2) is 0 Å². The SMILES string of the molecule is Cc1ccc(S(=O)(=O)c2cc(C)cc(S(=O)(=O)Nc3ccc(Cl)cn3)c2C)cc1.